The van der Waals surface area contributed by atoms with Gasteiger partial charge < -0.3 is 10.5 Å². The monoisotopic (exact) mass is 298 g/mol. The Labute approximate surface area is 122 Å². The Morgan fingerprint density at radius 2 is 1.76 bits per heavy atom. The molecule has 116 valence electrons. The Kier molecular flexibility index (Phi) is 3.70. The number of carbonyl (C=O) groups excluding carboxylic acids is 1. The van der Waals surface area contributed by atoms with E-state index in [9.17, 15) is 13.6 Å². The van der Waals surface area contributed by atoms with Crippen molar-refractivity contribution in [2.75, 3.05) is 5.32 Å². The lowest BCUT2D eigenvalue weighted by Gasteiger charge is -2.44. The summed E-state index contributed by atoms with van der Waals surface area (Å²) in [7, 11) is 0. The Morgan fingerprint density at radius 3 is 2.19 bits per heavy atom. The third kappa shape index (κ3) is 3.91. The fourth-order valence-corrected chi connectivity index (χ4v) is 2.38. The van der Waals surface area contributed by atoms with Gasteiger partial charge in [0.15, 0.2) is 0 Å². The molecule has 1 saturated carbocycles. The molecule has 0 unspecified atom stereocenters. The van der Waals surface area contributed by atoms with Crippen LogP contribution in [0.5, 0.6) is 0 Å². The summed E-state index contributed by atoms with van der Waals surface area (Å²) in [6.07, 6.45) is -1.26. The molecule has 1 aliphatic rings. The first-order valence-electron chi connectivity index (χ1n) is 6.76. The lowest BCUT2D eigenvalue weighted by Crippen LogP contribution is -2.55. The van der Waals surface area contributed by atoms with E-state index < -0.39 is 23.2 Å². The molecule has 1 aromatic carbocycles. The number of hydrogen-bond donors (Lipinski definition) is 2. The molecule has 0 bridgehead atoms. The first-order chi connectivity index (χ1) is 9.49. The SMILES string of the molecule is CC(C)(C)OC(=O)Nc1ccc(C2(N)CC(F)(F)C2)cc1. The molecular formula is C15H20F2N2O2. The maximum Gasteiger partial charge on any atom is 0.412 e. The van der Waals surface area contributed by atoms with Crippen LogP contribution >= 0.6 is 0 Å². The standard InChI is InChI=1S/C15H20F2N2O2/c1-13(2,3)21-12(20)19-11-6-4-10(5-7-11)14(18)8-15(16,17)9-14/h4-7H,8-9,18H2,1-3H3,(H,19,20). The largest absolute Gasteiger partial charge is 0.444 e. The molecule has 0 aromatic heterocycles. The number of amides is 1. The quantitative estimate of drug-likeness (QED) is 0.876. The second kappa shape index (κ2) is 4.94. The van der Waals surface area contributed by atoms with Crippen LogP contribution in [0.25, 0.3) is 0 Å². The van der Waals surface area contributed by atoms with Crippen molar-refractivity contribution in [1.29, 1.82) is 0 Å². The molecule has 4 nitrogen and oxygen atoms in total. The fraction of sp³-hybridized carbons (Fsp3) is 0.533. The molecule has 1 aliphatic carbocycles. The summed E-state index contributed by atoms with van der Waals surface area (Å²) in [5, 5.41) is 2.58. The molecule has 0 spiro atoms. The molecule has 1 fully saturated rings. The summed E-state index contributed by atoms with van der Waals surface area (Å²) in [4.78, 5) is 11.6. The highest BCUT2D eigenvalue weighted by Gasteiger charge is 2.55. The minimum atomic E-state index is -2.68. The summed E-state index contributed by atoms with van der Waals surface area (Å²) in [6, 6.07) is 6.57. The molecule has 0 atom stereocenters. The zero-order chi connectivity index (χ0) is 15.9. The van der Waals surface area contributed by atoms with Crippen molar-refractivity contribution in [3.63, 3.8) is 0 Å². The predicted molar refractivity (Wildman–Crippen MR) is 76.3 cm³/mol. The van der Waals surface area contributed by atoms with Crippen LogP contribution < -0.4 is 11.1 Å². The van der Waals surface area contributed by atoms with E-state index in [1.165, 1.54) is 0 Å². The van der Waals surface area contributed by atoms with Gasteiger partial charge >= 0.3 is 6.09 Å². The highest BCUT2D eigenvalue weighted by atomic mass is 19.3. The van der Waals surface area contributed by atoms with Gasteiger partial charge in [-0.2, -0.15) is 0 Å². The summed E-state index contributed by atoms with van der Waals surface area (Å²) >= 11 is 0. The maximum atomic E-state index is 13.0. The van der Waals surface area contributed by atoms with E-state index in [1.54, 1.807) is 45.0 Å². The van der Waals surface area contributed by atoms with E-state index in [-0.39, 0.29) is 12.8 Å². The van der Waals surface area contributed by atoms with Crippen LogP contribution in [-0.4, -0.2) is 17.6 Å². The summed E-state index contributed by atoms with van der Waals surface area (Å²) < 4.78 is 31.1. The van der Waals surface area contributed by atoms with E-state index >= 15 is 0 Å². The number of hydrogen-bond acceptors (Lipinski definition) is 3. The van der Waals surface area contributed by atoms with Crippen molar-refractivity contribution in [3.05, 3.63) is 29.8 Å². The first kappa shape index (κ1) is 15.7. The molecule has 21 heavy (non-hydrogen) atoms. The highest BCUT2D eigenvalue weighted by Crippen LogP contribution is 2.49. The third-order valence-electron chi connectivity index (χ3n) is 3.25. The molecular weight excluding hydrogens is 278 g/mol. The maximum absolute atomic E-state index is 13.0. The fourth-order valence-electron chi connectivity index (χ4n) is 2.38. The number of alkyl halides is 2. The zero-order valence-corrected chi connectivity index (χ0v) is 12.4. The van der Waals surface area contributed by atoms with Crippen molar-refractivity contribution in [2.24, 2.45) is 5.73 Å². The van der Waals surface area contributed by atoms with Gasteiger partial charge in [0, 0.05) is 18.5 Å². The average Bonchev–Trinajstić information content (AvgIpc) is 2.24. The Hall–Kier alpha value is -1.69. The topological polar surface area (TPSA) is 64.3 Å². The van der Waals surface area contributed by atoms with E-state index in [2.05, 4.69) is 5.32 Å². The van der Waals surface area contributed by atoms with Gasteiger partial charge in [-0.3, -0.25) is 5.32 Å². The molecule has 0 saturated heterocycles. The Bertz CT molecular complexity index is 528. The van der Waals surface area contributed by atoms with Crippen molar-refractivity contribution in [2.45, 2.75) is 50.7 Å². The van der Waals surface area contributed by atoms with Crippen molar-refractivity contribution < 1.29 is 18.3 Å². The van der Waals surface area contributed by atoms with Crippen molar-refractivity contribution in [3.8, 4) is 0 Å². The van der Waals surface area contributed by atoms with Crippen molar-refractivity contribution >= 4 is 11.8 Å². The Balaban J connectivity index is 1.99. The molecule has 1 amide bonds. The zero-order valence-electron chi connectivity index (χ0n) is 12.4. The second-order valence-electron chi connectivity index (χ2n) is 6.57. The van der Waals surface area contributed by atoms with E-state index in [4.69, 9.17) is 10.5 Å². The Morgan fingerprint density at radius 1 is 1.24 bits per heavy atom. The van der Waals surface area contributed by atoms with Gasteiger partial charge in [-0.15, -0.1) is 0 Å². The molecule has 2 rings (SSSR count). The number of carbonyl (C=O) groups is 1. The molecule has 0 heterocycles. The summed E-state index contributed by atoms with van der Waals surface area (Å²) in [5.41, 5.74) is 5.56. The number of benzene rings is 1. The lowest BCUT2D eigenvalue weighted by molar-refractivity contribution is -0.125. The van der Waals surface area contributed by atoms with Gasteiger partial charge in [0.25, 0.3) is 5.92 Å². The van der Waals surface area contributed by atoms with Crippen LogP contribution in [-0.2, 0) is 10.3 Å². The number of nitrogens with two attached hydrogens (primary N) is 1. The number of halogens is 2. The number of ether oxygens (including phenoxy) is 1. The molecule has 1 aromatic rings. The van der Waals surface area contributed by atoms with Crippen LogP contribution in [0.1, 0.15) is 39.2 Å². The average molecular weight is 298 g/mol. The lowest BCUT2D eigenvalue weighted by atomic mass is 9.70. The van der Waals surface area contributed by atoms with Crippen LogP contribution in [0.3, 0.4) is 0 Å². The number of rotatable bonds is 2. The van der Waals surface area contributed by atoms with Gasteiger partial charge in [-0.25, -0.2) is 13.6 Å². The van der Waals surface area contributed by atoms with E-state index in [1.807, 2.05) is 0 Å². The first-order valence-corrected chi connectivity index (χ1v) is 6.76. The number of nitrogens with one attached hydrogen (secondary N) is 1. The van der Waals surface area contributed by atoms with Gasteiger partial charge in [-0.1, -0.05) is 12.1 Å². The van der Waals surface area contributed by atoms with Crippen LogP contribution in [0.15, 0.2) is 24.3 Å². The summed E-state index contributed by atoms with van der Waals surface area (Å²) in [6.45, 7) is 5.31. The van der Waals surface area contributed by atoms with E-state index in [0.717, 1.165) is 0 Å². The van der Waals surface area contributed by atoms with E-state index in [0.29, 0.717) is 11.3 Å². The van der Waals surface area contributed by atoms with Gasteiger partial charge in [0.2, 0.25) is 0 Å². The second-order valence-corrected chi connectivity index (χ2v) is 6.57. The van der Waals surface area contributed by atoms with Crippen LogP contribution in [0.2, 0.25) is 0 Å². The third-order valence-corrected chi connectivity index (χ3v) is 3.25. The van der Waals surface area contributed by atoms with Gasteiger partial charge in [-0.05, 0) is 38.5 Å². The minimum absolute atomic E-state index is 0.348. The van der Waals surface area contributed by atoms with Gasteiger partial charge in [0.1, 0.15) is 5.60 Å². The molecule has 6 heteroatoms. The highest BCUT2D eigenvalue weighted by molar-refractivity contribution is 5.84. The molecule has 0 aliphatic heterocycles. The summed E-state index contributed by atoms with van der Waals surface area (Å²) in [5.74, 6) is -2.68. The van der Waals surface area contributed by atoms with Crippen molar-refractivity contribution in [1.82, 2.24) is 0 Å². The molecule has 3 N–H and O–H groups in total. The normalized spacial score (nSPS) is 19.5. The van der Waals surface area contributed by atoms with Gasteiger partial charge in [0.05, 0.1) is 5.54 Å². The van der Waals surface area contributed by atoms with Crippen LogP contribution in [0.4, 0.5) is 19.3 Å². The number of anilines is 1. The molecule has 0 radical (unpaired) electrons. The van der Waals surface area contributed by atoms with Crippen LogP contribution in [0, 0.1) is 0 Å². The predicted octanol–water partition coefficient (Wildman–Crippen LogP) is 3.62. The minimum Gasteiger partial charge on any atom is -0.444 e. The smallest absolute Gasteiger partial charge is 0.412 e.